The Bertz CT molecular complexity index is 376. The number of hydrogen-bond acceptors (Lipinski definition) is 2. The quantitative estimate of drug-likeness (QED) is 0.507. The number of hydrogen-bond donors (Lipinski definition) is 1. The zero-order chi connectivity index (χ0) is 14.3. The Labute approximate surface area is 123 Å². The molecule has 1 aliphatic heterocycles. The van der Waals surface area contributed by atoms with Crippen molar-refractivity contribution in [1.82, 2.24) is 0 Å². The third kappa shape index (κ3) is 3.83. The first-order valence-corrected chi connectivity index (χ1v) is 8.17. The highest BCUT2D eigenvalue weighted by Gasteiger charge is 2.56. The molecule has 112 valence electrons. The molecule has 1 fully saturated rings. The van der Waals surface area contributed by atoms with Gasteiger partial charge in [-0.2, -0.15) is 0 Å². The van der Waals surface area contributed by atoms with Crippen molar-refractivity contribution in [2.45, 2.75) is 70.0 Å². The van der Waals surface area contributed by atoms with Gasteiger partial charge in [-0.1, -0.05) is 82.2 Å². The molecule has 2 heteroatoms. The van der Waals surface area contributed by atoms with Crippen molar-refractivity contribution >= 4 is 0 Å². The molecule has 1 aromatic carbocycles. The summed E-state index contributed by atoms with van der Waals surface area (Å²) in [6.07, 6.45) is 10.2. The SMILES string of the molecule is CCCCCCCCCC1(c2ccccc2)OC1CO. The zero-order valence-corrected chi connectivity index (χ0v) is 12.7. The summed E-state index contributed by atoms with van der Waals surface area (Å²) in [5.74, 6) is 0. The lowest BCUT2D eigenvalue weighted by atomic mass is 9.89. The van der Waals surface area contributed by atoms with Crippen LogP contribution in [0.1, 0.15) is 63.9 Å². The van der Waals surface area contributed by atoms with E-state index in [1.54, 1.807) is 0 Å². The summed E-state index contributed by atoms with van der Waals surface area (Å²) in [5.41, 5.74) is 1.03. The molecule has 2 nitrogen and oxygen atoms in total. The highest BCUT2D eigenvalue weighted by atomic mass is 16.6. The standard InChI is InChI=1S/C18H28O2/c1-2-3-4-5-6-7-11-14-18(17(15-19)20-18)16-12-9-8-10-13-16/h8-10,12-13,17,19H,2-7,11,14-15H2,1H3. The van der Waals surface area contributed by atoms with Crippen molar-refractivity contribution in [2.75, 3.05) is 6.61 Å². The molecule has 1 heterocycles. The summed E-state index contributed by atoms with van der Waals surface area (Å²) in [4.78, 5) is 0. The van der Waals surface area contributed by atoms with Gasteiger partial charge in [0.2, 0.25) is 0 Å². The van der Waals surface area contributed by atoms with Gasteiger partial charge in [-0.25, -0.2) is 0 Å². The van der Waals surface area contributed by atoms with Crippen LogP contribution in [0.5, 0.6) is 0 Å². The molecule has 0 aromatic heterocycles. The lowest BCUT2D eigenvalue weighted by molar-refractivity contribution is 0.231. The van der Waals surface area contributed by atoms with Crippen LogP contribution in [0.25, 0.3) is 0 Å². The van der Waals surface area contributed by atoms with Crippen LogP contribution in [0.4, 0.5) is 0 Å². The third-order valence-electron chi connectivity index (χ3n) is 4.40. The van der Waals surface area contributed by atoms with Crippen LogP contribution in [0, 0.1) is 0 Å². The first kappa shape index (κ1) is 15.5. The molecule has 1 aromatic rings. The maximum absolute atomic E-state index is 9.38. The smallest absolute Gasteiger partial charge is 0.122 e. The predicted molar refractivity (Wildman–Crippen MR) is 82.7 cm³/mol. The Morgan fingerprint density at radius 3 is 2.25 bits per heavy atom. The van der Waals surface area contributed by atoms with Crippen molar-refractivity contribution in [2.24, 2.45) is 0 Å². The topological polar surface area (TPSA) is 32.8 Å². The number of aliphatic hydroxyl groups excluding tert-OH is 1. The molecule has 2 rings (SSSR count). The summed E-state index contributed by atoms with van der Waals surface area (Å²) in [7, 11) is 0. The fourth-order valence-corrected chi connectivity index (χ4v) is 3.09. The van der Waals surface area contributed by atoms with E-state index in [1.807, 2.05) is 6.07 Å². The minimum atomic E-state index is -0.195. The van der Waals surface area contributed by atoms with Crippen LogP contribution >= 0.6 is 0 Å². The maximum atomic E-state index is 9.38. The van der Waals surface area contributed by atoms with E-state index in [9.17, 15) is 5.11 Å². The van der Waals surface area contributed by atoms with E-state index in [4.69, 9.17) is 4.74 Å². The molecule has 1 saturated heterocycles. The first-order chi connectivity index (χ1) is 9.83. The normalized spacial score (nSPS) is 24.8. The average molecular weight is 276 g/mol. The molecule has 1 N–H and O–H groups in total. The molecular weight excluding hydrogens is 248 g/mol. The molecule has 1 aliphatic rings. The summed E-state index contributed by atoms with van der Waals surface area (Å²) in [5, 5.41) is 9.38. The van der Waals surface area contributed by atoms with Crippen LogP contribution in [0.3, 0.4) is 0 Å². The van der Waals surface area contributed by atoms with E-state index in [2.05, 4.69) is 31.2 Å². The van der Waals surface area contributed by atoms with Crippen LogP contribution in [0.2, 0.25) is 0 Å². The molecule has 2 unspecified atom stereocenters. The number of ether oxygens (including phenoxy) is 1. The molecule has 0 saturated carbocycles. The number of rotatable bonds is 10. The van der Waals surface area contributed by atoms with Crippen molar-refractivity contribution in [3.05, 3.63) is 35.9 Å². The van der Waals surface area contributed by atoms with Gasteiger partial charge in [-0.05, 0) is 12.0 Å². The fourth-order valence-electron chi connectivity index (χ4n) is 3.09. The number of epoxide rings is 1. The van der Waals surface area contributed by atoms with Crippen molar-refractivity contribution in [3.8, 4) is 0 Å². The second kappa shape index (κ2) is 7.80. The van der Waals surface area contributed by atoms with Crippen molar-refractivity contribution in [1.29, 1.82) is 0 Å². The van der Waals surface area contributed by atoms with Crippen molar-refractivity contribution in [3.63, 3.8) is 0 Å². The van der Waals surface area contributed by atoms with Crippen LogP contribution < -0.4 is 0 Å². The van der Waals surface area contributed by atoms with Gasteiger partial charge in [0.25, 0.3) is 0 Å². The summed E-state index contributed by atoms with van der Waals surface area (Å²) >= 11 is 0. The Hall–Kier alpha value is -0.860. The number of unbranched alkanes of at least 4 members (excludes halogenated alkanes) is 6. The van der Waals surface area contributed by atoms with E-state index < -0.39 is 0 Å². The van der Waals surface area contributed by atoms with Crippen LogP contribution in [-0.4, -0.2) is 17.8 Å². The molecule has 0 aliphatic carbocycles. The largest absolute Gasteiger partial charge is 0.394 e. The second-order valence-corrected chi connectivity index (χ2v) is 5.92. The van der Waals surface area contributed by atoms with Gasteiger partial charge in [0.15, 0.2) is 0 Å². The zero-order valence-electron chi connectivity index (χ0n) is 12.7. The highest BCUT2D eigenvalue weighted by molar-refractivity contribution is 5.29. The molecule has 0 amide bonds. The highest BCUT2D eigenvalue weighted by Crippen LogP contribution is 2.49. The Kier molecular flexibility index (Phi) is 6.06. The Balaban J connectivity index is 1.74. The monoisotopic (exact) mass is 276 g/mol. The minimum Gasteiger partial charge on any atom is -0.394 e. The van der Waals surface area contributed by atoms with Gasteiger partial charge in [-0.15, -0.1) is 0 Å². The lowest BCUT2D eigenvalue weighted by Crippen LogP contribution is -2.15. The number of aliphatic hydroxyl groups is 1. The maximum Gasteiger partial charge on any atom is 0.122 e. The summed E-state index contributed by atoms with van der Waals surface area (Å²) in [6.45, 7) is 2.38. The first-order valence-electron chi connectivity index (χ1n) is 8.17. The summed E-state index contributed by atoms with van der Waals surface area (Å²) in [6, 6.07) is 10.4. The Morgan fingerprint density at radius 2 is 1.65 bits per heavy atom. The van der Waals surface area contributed by atoms with Gasteiger partial charge in [-0.3, -0.25) is 0 Å². The molecular formula is C18H28O2. The third-order valence-corrected chi connectivity index (χ3v) is 4.40. The summed E-state index contributed by atoms with van der Waals surface area (Å²) < 4.78 is 5.83. The van der Waals surface area contributed by atoms with E-state index in [-0.39, 0.29) is 18.3 Å². The minimum absolute atomic E-state index is 0.00462. The molecule has 2 atom stereocenters. The van der Waals surface area contributed by atoms with Gasteiger partial charge in [0.05, 0.1) is 6.61 Å². The van der Waals surface area contributed by atoms with Gasteiger partial charge in [0.1, 0.15) is 11.7 Å². The molecule has 0 spiro atoms. The molecule has 20 heavy (non-hydrogen) atoms. The average Bonchev–Trinajstić information content (AvgIpc) is 3.22. The van der Waals surface area contributed by atoms with E-state index >= 15 is 0 Å². The van der Waals surface area contributed by atoms with Gasteiger partial charge < -0.3 is 9.84 Å². The lowest BCUT2D eigenvalue weighted by Gasteiger charge is -2.13. The molecule has 0 radical (unpaired) electrons. The van der Waals surface area contributed by atoms with E-state index in [0.29, 0.717) is 0 Å². The van der Waals surface area contributed by atoms with E-state index in [1.165, 1.54) is 50.5 Å². The van der Waals surface area contributed by atoms with Crippen molar-refractivity contribution < 1.29 is 9.84 Å². The predicted octanol–water partition coefficient (Wildman–Crippen LogP) is 4.41. The van der Waals surface area contributed by atoms with Gasteiger partial charge in [0, 0.05) is 0 Å². The van der Waals surface area contributed by atoms with E-state index in [0.717, 1.165) is 6.42 Å². The van der Waals surface area contributed by atoms with Gasteiger partial charge >= 0.3 is 0 Å². The van der Waals surface area contributed by atoms with Crippen LogP contribution in [-0.2, 0) is 10.3 Å². The van der Waals surface area contributed by atoms with Crippen LogP contribution in [0.15, 0.2) is 30.3 Å². The number of benzene rings is 1. The molecule has 0 bridgehead atoms. The fraction of sp³-hybridized carbons (Fsp3) is 0.667. The Morgan fingerprint density at radius 1 is 1.00 bits per heavy atom. The second-order valence-electron chi connectivity index (χ2n) is 5.92.